The third kappa shape index (κ3) is 10.5. The quantitative estimate of drug-likeness (QED) is 0.291. The molecule has 0 amide bonds. The zero-order valence-electron chi connectivity index (χ0n) is 24.2. The van der Waals surface area contributed by atoms with Gasteiger partial charge in [-0.15, -0.1) is 0 Å². The maximum atomic E-state index is 3.97. The van der Waals surface area contributed by atoms with Crippen LogP contribution >= 0.6 is 0 Å². The minimum absolute atomic E-state index is 0.381. The molecule has 0 saturated heterocycles. The minimum atomic E-state index is -1.44. The van der Waals surface area contributed by atoms with Crippen LogP contribution in [0.1, 0.15) is 62.3 Å². The zero-order valence-corrected chi connectivity index (χ0v) is 27.2. The van der Waals surface area contributed by atoms with Crippen molar-refractivity contribution in [3.63, 3.8) is 0 Å². The van der Waals surface area contributed by atoms with Gasteiger partial charge in [0.05, 0.1) is 0 Å². The molecule has 0 aromatic carbocycles. The van der Waals surface area contributed by atoms with Crippen LogP contribution in [0.5, 0.6) is 0 Å². The second-order valence-corrected chi connectivity index (χ2v) is 29.6. The van der Waals surface area contributed by atoms with Gasteiger partial charge in [0.25, 0.3) is 0 Å². The highest BCUT2D eigenvalue weighted by Crippen LogP contribution is 2.35. The summed E-state index contributed by atoms with van der Waals surface area (Å²) in [4.78, 5) is 14.6. The van der Waals surface area contributed by atoms with Gasteiger partial charge in [0.1, 0.15) is 24.7 Å². The summed E-state index contributed by atoms with van der Waals surface area (Å²) in [6, 6.07) is 0. The van der Waals surface area contributed by atoms with E-state index in [9.17, 15) is 0 Å². The average molecular weight is 489 g/mol. The lowest BCUT2D eigenvalue weighted by Gasteiger charge is -2.40. The van der Waals surface area contributed by atoms with Gasteiger partial charge in [-0.25, -0.2) is 0 Å². The van der Waals surface area contributed by atoms with E-state index >= 15 is 0 Å². The molecular weight excluding hydrogens is 429 g/mol. The topological polar surface area (TPSA) is 39.3 Å². The van der Waals surface area contributed by atoms with E-state index in [2.05, 4.69) is 121 Å². The first-order chi connectivity index (χ1) is 13.5. The molecule has 0 fully saturated rings. The number of rotatable bonds is 12. The minimum Gasteiger partial charge on any atom is -0.336 e. The van der Waals surface area contributed by atoms with Gasteiger partial charge in [0.15, 0.2) is 0 Å². The third-order valence-corrected chi connectivity index (χ3v) is 23.3. The molecule has 0 heterocycles. The van der Waals surface area contributed by atoms with Crippen LogP contribution in [0.4, 0.5) is 0 Å². The predicted molar refractivity (Wildman–Crippen MR) is 152 cm³/mol. The molecule has 188 valence electrons. The van der Waals surface area contributed by atoms with Crippen molar-refractivity contribution in [2.75, 3.05) is 39.3 Å². The molecule has 0 aromatic heterocycles. The second kappa shape index (κ2) is 11.3. The van der Waals surface area contributed by atoms with Gasteiger partial charge >= 0.3 is 0 Å². The standard InChI is InChI=1S/C24H60N4Si3/c1-22(2,3)29(10,11)25-16-19-28(20-17-26-30(12,13)23(4,5)6)21-18-27-31(14,15)24(7,8)9/h25-27H,16-21H2,1-15H3. The summed E-state index contributed by atoms with van der Waals surface area (Å²) in [6.45, 7) is 42.9. The molecule has 3 N–H and O–H groups in total. The lowest BCUT2D eigenvalue weighted by Crippen LogP contribution is -2.57. The van der Waals surface area contributed by atoms with E-state index < -0.39 is 24.7 Å². The maximum Gasteiger partial charge on any atom is 0.124 e. The Labute approximate surface area is 200 Å². The lowest BCUT2D eigenvalue weighted by molar-refractivity contribution is 0.285. The van der Waals surface area contributed by atoms with Crippen LogP contribution in [0, 0.1) is 0 Å². The Kier molecular flexibility index (Phi) is 11.5. The highest BCUT2D eigenvalue weighted by Gasteiger charge is 2.37. The summed E-state index contributed by atoms with van der Waals surface area (Å²) in [7, 11) is -4.31. The van der Waals surface area contributed by atoms with E-state index in [0.29, 0.717) is 15.1 Å². The van der Waals surface area contributed by atoms with E-state index in [0.717, 1.165) is 39.3 Å². The van der Waals surface area contributed by atoms with Gasteiger partial charge < -0.3 is 14.9 Å². The van der Waals surface area contributed by atoms with Crippen LogP contribution in [-0.2, 0) is 0 Å². The zero-order chi connectivity index (χ0) is 24.9. The number of nitrogens with one attached hydrogen (secondary N) is 3. The van der Waals surface area contributed by atoms with Crippen molar-refractivity contribution >= 4 is 24.7 Å². The molecule has 0 aliphatic rings. The molecule has 31 heavy (non-hydrogen) atoms. The Morgan fingerprint density at radius 1 is 0.452 bits per heavy atom. The number of hydrogen-bond donors (Lipinski definition) is 3. The first-order valence-electron chi connectivity index (χ1n) is 12.5. The van der Waals surface area contributed by atoms with E-state index in [1.807, 2.05) is 0 Å². The van der Waals surface area contributed by atoms with Gasteiger partial charge in [-0.3, -0.25) is 4.90 Å². The molecule has 0 aliphatic heterocycles. The number of hydrogen-bond acceptors (Lipinski definition) is 4. The predicted octanol–water partition coefficient (Wildman–Crippen LogP) is 6.07. The average Bonchev–Trinajstić information content (AvgIpc) is 2.50. The van der Waals surface area contributed by atoms with Gasteiger partial charge in [-0.1, -0.05) is 102 Å². The van der Waals surface area contributed by atoms with Crippen molar-refractivity contribution in [2.45, 2.75) is 117 Å². The fraction of sp³-hybridized carbons (Fsp3) is 1.00. The molecule has 0 rings (SSSR count). The van der Waals surface area contributed by atoms with Gasteiger partial charge in [-0.05, 0) is 15.1 Å². The second-order valence-electron chi connectivity index (χ2n) is 14.2. The monoisotopic (exact) mass is 488 g/mol. The SMILES string of the molecule is CC(C)(C)[Si](C)(C)NCCN(CCN[Si](C)(C)C(C)(C)C)CCN[Si](C)(C)C(C)(C)C. The van der Waals surface area contributed by atoms with Crippen molar-refractivity contribution in [3.05, 3.63) is 0 Å². The first kappa shape index (κ1) is 31.5. The Morgan fingerprint density at radius 3 is 0.806 bits per heavy atom. The van der Waals surface area contributed by atoms with E-state index in [4.69, 9.17) is 0 Å². The molecule has 0 unspecified atom stereocenters. The Morgan fingerprint density at radius 2 is 0.645 bits per heavy atom. The summed E-state index contributed by atoms with van der Waals surface area (Å²) in [5.41, 5.74) is 0. The summed E-state index contributed by atoms with van der Waals surface area (Å²) in [6.07, 6.45) is 0. The summed E-state index contributed by atoms with van der Waals surface area (Å²) in [5.74, 6) is 0. The van der Waals surface area contributed by atoms with E-state index in [1.165, 1.54) is 0 Å². The van der Waals surface area contributed by atoms with Gasteiger partial charge in [0.2, 0.25) is 0 Å². The molecule has 0 atom stereocenters. The smallest absolute Gasteiger partial charge is 0.124 e. The fourth-order valence-electron chi connectivity index (χ4n) is 2.71. The first-order valence-corrected chi connectivity index (χ1v) is 21.5. The lowest BCUT2D eigenvalue weighted by atomic mass is 10.2. The highest BCUT2D eigenvalue weighted by atomic mass is 28.3. The van der Waals surface area contributed by atoms with E-state index in [-0.39, 0.29) is 0 Å². The van der Waals surface area contributed by atoms with Crippen molar-refractivity contribution < 1.29 is 0 Å². The fourth-order valence-corrected chi connectivity index (χ4v) is 6.51. The largest absolute Gasteiger partial charge is 0.336 e. The van der Waals surface area contributed by atoms with E-state index in [1.54, 1.807) is 0 Å². The molecule has 0 bridgehead atoms. The van der Waals surface area contributed by atoms with Crippen molar-refractivity contribution in [1.29, 1.82) is 0 Å². The molecule has 0 aliphatic carbocycles. The number of nitrogens with zero attached hydrogens (tertiary/aromatic N) is 1. The molecule has 7 heteroatoms. The van der Waals surface area contributed by atoms with Crippen molar-refractivity contribution in [3.8, 4) is 0 Å². The summed E-state index contributed by atoms with van der Waals surface area (Å²) >= 11 is 0. The molecule has 0 spiro atoms. The van der Waals surface area contributed by atoms with Crippen LogP contribution in [0.2, 0.25) is 54.4 Å². The van der Waals surface area contributed by atoms with Crippen LogP contribution in [0.3, 0.4) is 0 Å². The van der Waals surface area contributed by atoms with Crippen LogP contribution in [0.15, 0.2) is 0 Å². The Hall–Kier alpha value is 0.491. The maximum absolute atomic E-state index is 3.97. The molecule has 0 radical (unpaired) electrons. The third-order valence-electron chi connectivity index (χ3n) is 8.61. The molecule has 0 aromatic rings. The van der Waals surface area contributed by atoms with Crippen molar-refractivity contribution in [2.24, 2.45) is 0 Å². The van der Waals surface area contributed by atoms with Gasteiger partial charge in [0, 0.05) is 39.3 Å². The normalized spacial score (nSPS) is 15.1. The molecule has 0 saturated carbocycles. The summed E-state index contributed by atoms with van der Waals surface area (Å²) < 4.78 is 0. The Balaban J connectivity index is 4.94. The van der Waals surface area contributed by atoms with Crippen LogP contribution < -0.4 is 14.9 Å². The van der Waals surface area contributed by atoms with Crippen molar-refractivity contribution in [1.82, 2.24) is 19.8 Å². The van der Waals surface area contributed by atoms with Crippen LogP contribution in [0.25, 0.3) is 0 Å². The molecular formula is C24H60N4Si3. The summed E-state index contributed by atoms with van der Waals surface area (Å²) in [5, 5.41) is 1.14. The van der Waals surface area contributed by atoms with Crippen LogP contribution in [-0.4, -0.2) is 68.9 Å². The molecule has 4 nitrogen and oxygen atoms in total. The highest BCUT2D eigenvalue weighted by molar-refractivity contribution is 6.78. The van der Waals surface area contributed by atoms with Gasteiger partial charge in [-0.2, -0.15) is 0 Å². The Bertz CT molecular complexity index is 450.